The highest BCUT2D eigenvalue weighted by atomic mass is 16.5. The molecule has 1 atom stereocenters. The number of para-hydroxylation sites is 1. The second-order valence-electron chi connectivity index (χ2n) is 9.60. The van der Waals surface area contributed by atoms with E-state index in [0.717, 1.165) is 56.1 Å². The van der Waals surface area contributed by atoms with Crippen molar-refractivity contribution in [1.29, 1.82) is 0 Å². The first-order chi connectivity index (χ1) is 17.9. The second-order valence-corrected chi connectivity index (χ2v) is 9.60. The molecule has 198 valence electrons. The van der Waals surface area contributed by atoms with E-state index in [1.807, 2.05) is 32.0 Å². The standard InChI is InChI=1S/C28H36N4O5/c1-20-5-3-6-21(2)27(20)30-25(33)19-37-24-9-7-23(8-10-24)32-18-22(17-26(32)34)28(35)29-11-4-12-31-13-15-36-16-14-31/h3,5-10,22H,4,11-19H2,1-2H3,(H,29,35)(H,30,33)/t22-/m0/s1. The molecule has 0 unspecified atom stereocenters. The number of carbonyl (C=O) groups excluding carboxylic acids is 3. The molecule has 9 nitrogen and oxygen atoms in total. The van der Waals surface area contributed by atoms with Gasteiger partial charge in [0.25, 0.3) is 5.91 Å². The molecule has 2 N–H and O–H groups in total. The summed E-state index contributed by atoms with van der Waals surface area (Å²) >= 11 is 0. The van der Waals surface area contributed by atoms with Gasteiger partial charge in [-0.15, -0.1) is 0 Å². The second kappa shape index (κ2) is 12.7. The minimum absolute atomic E-state index is 0.0740. The number of anilines is 2. The molecule has 37 heavy (non-hydrogen) atoms. The Morgan fingerprint density at radius 3 is 2.46 bits per heavy atom. The van der Waals surface area contributed by atoms with Crippen molar-refractivity contribution in [2.45, 2.75) is 26.7 Å². The molecule has 2 saturated heterocycles. The number of morpholine rings is 1. The van der Waals surface area contributed by atoms with Crippen LogP contribution in [0.5, 0.6) is 5.75 Å². The number of ether oxygens (including phenoxy) is 2. The Hall–Kier alpha value is -3.43. The van der Waals surface area contributed by atoms with Crippen LogP contribution >= 0.6 is 0 Å². The molecular weight excluding hydrogens is 472 g/mol. The van der Waals surface area contributed by atoms with Gasteiger partial charge in [-0.3, -0.25) is 19.3 Å². The van der Waals surface area contributed by atoms with Crippen LogP contribution in [0.3, 0.4) is 0 Å². The number of benzene rings is 2. The van der Waals surface area contributed by atoms with E-state index in [1.165, 1.54) is 0 Å². The number of nitrogens with zero attached hydrogens (tertiary/aromatic N) is 2. The summed E-state index contributed by atoms with van der Waals surface area (Å²) in [5, 5.41) is 5.88. The number of aryl methyl sites for hydroxylation is 2. The van der Waals surface area contributed by atoms with Crippen molar-refractivity contribution in [3.8, 4) is 5.75 Å². The molecule has 0 saturated carbocycles. The molecule has 2 heterocycles. The highest BCUT2D eigenvalue weighted by molar-refractivity contribution is 6.00. The Bertz CT molecular complexity index is 1080. The van der Waals surface area contributed by atoms with Crippen LogP contribution in [0.4, 0.5) is 11.4 Å². The molecule has 2 aliphatic rings. The van der Waals surface area contributed by atoms with E-state index in [0.29, 0.717) is 24.5 Å². The maximum atomic E-state index is 12.6. The van der Waals surface area contributed by atoms with Crippen LogP contribution in [0.25, 0.3) is 0 Å². The van der Waals surface area contributed by atoms with E-state index in [4.69, 9.17) is 9.47 Å². The fraction of sp³-hybridized carbons (Fsp3) is 0.464. The molecule has 0 bridgehead atoms. The predicted octanol–water partition coefficient (Wildman–Crippen LogP) is 2.51. The van der Waals surface area contributed by atoms with Crippen molar-refractivity contribution in [1.82, 2.24) is 10.2 Å². The highest BCUT2D eigenvalue weighted by Crippen LogP contribution is 2.27. The Morgan fingerprint density at radius 2 is 1.76 bits per heavy atom. The van der Waals surface area contributed by atoms with Gasteiger partial charge in [-0.2, -0.15) is 0 Å². The molecule has 2 aliphatic heterocycles. The summed E-state index contributed by atoms with van der Waals surface area (Å²) in [7, 11) is 0. The van der Waals surface area contributed by atoms with Crippen molar-refractivity contribution in [2.24, 2.45) is 5.92 Å². The fourth-order valence-electron chi connectivity index (χ4n) is 4.67. The van der Waals surface area contributed by atoms with Crippen molar-refractivity contribution >= 4 is 29.1 Å². The lowest BCUT2D eigenvalue weighted by Gasteiger charge is -2.26. The molecule has 0 spiro atoms. The molecule has 0 radical (unpaired) electrons. The third-order valence-corrected chi connectivity index (χ3v) is 6.81. The molecule has 4 rings (SSSR count). The minimum Gasteiger partial charge on any atom is -0.484 e. The molecular formula is C28H36N4O5. The van der Waals surface area contributed by atoms with E-state index >= 15 is 0 Å². The third kappa shape index (κ3) is 7.30. The average Bonchev–Trinajstić information content (AvgIpc) is 3.30. The highest BCUT2D eigenvalue weighted by Gasteiger charge is 2.35. The van der Waals surface area contributed by atoms with Gasteiger partial charge in [0.05, 0.1) is 19.1 Å². The van der Waals surface area contributed by atoms with E-state index in [-0.39, 0.29) is 36.7 Å². The van der Waals surface area contributed by atoms with Gasteiger partial charge in [0.1, 0.15) is 5.75 Å². The molecule has 2 fully saturated rings. The van der Waals surface area contributed by atoms with Gasteiger partial charge in [0, 0.05) is 44.0 Å². The molecule has 9 heteroatoms. The van der Waals surface area contributed by atoms with Crippen LogP contribution in [0.15, 0.2) is 42.5 Å². The normalized spacial score (nSPS) is 18.1. The maximum absolute atomic E-state index is 12.6. The molecule has 0 aliphatic carbocycles. The van der Waals surface area contributed by atoms with Gasteiger partial charge < -0.3 is 25.0 Å². The largest absolute Gasteiger partial charge is 0.484 e. The lowest BCUT2D eigenvalue weighted by Crippen LogP contribution is -2.39. The van der Waals surface area contributed by atoms with Crippen LogP contribution in [0.1, 0.15) is 24.0 Å². The summed E-state index contributed by atoms with van der Waals surface area (Å²) in [5.41, 5.74) is 3.50. The number of rotatable bonds is 10. The predicted molar refractivity (Wildman–Crippen MR) is 142 cm³/mol. The minimum atomic E-state index is -0.361. The SMILES string of the molecule is Cc1cccc(C)c1NC(=O)COc1ccc(N2C[C@@H](C(=O)NCCCN3CCOCC3)CC2=O)cc1. The summed E-state index contributed by atoms with van der Waals surface area (Å²) in [5.74, 6) is -0.222. The van der Waals surface area contributed by atoms with E-state index in [9.17, 15) is 14.4 Å². The van der Waals surface area contributed by atoms with Crippen molar-refractivity contribution in [3.05, 3.63) is 53.6 Å². The number of hydrogen-bond acceptors (Lipinski definition) is 6. The zero-order valence-electron chi connectivity index (χ0n) is 21.6. The zero-order valence-corrected chi connectivity index (χ0v) is 21.6. The third-order valence-electron chi connectivity index (χ3n) is 6.81. The Kier molecular flexibility index (Phi) is 9.14. The lowest BCUT2D eigenvalue weighted by molar-refractivity contribution is -0.126. The molecule has 3 amide bonds. The number of amides is 3. The molecule has 0 aromatic heterocycles. The molecule has 2 aromatic carbocycles. The fourth-order valence-corrected chi connectivity index (χ4v) is 4.67. The van der Waals surface area contributed by atoms with Crippen molar-refractivity contribution in [2.75, 3.05) is 62.8 Å². The monoisotopic (exact) mass is 508 g/mol. The maximum Gasteiger partial charge on any atom is 0.262 e. The van der Waals surface area contributed by atoms with Crippen LogP contribution in [-0.4, -0.2) is 75.2 Å². The summed E-state index contributed by atoms with van der Waals surface area (Å²) in [6.45, 7) is 9.06. The van der Waals surface area contributed by atoms with Crippen LogP contribution < -0.4 is 20.3 Å². The van der Waals surface area contributed by atoms with Crippen LogP contribution in [-0.2, 0) is 19.1 Å². The van der Waals surface area contributed by atoms with Gasteiger partial charge in [-0.25, -0.2) is 0 Å². The topological polar surface area (TPSA) is 100 Å². The average molecular weight is 509 g/mol. The van der Waals surface area contributed by atoms with E-state index < -0.39 is 0 Å². The Morgan fingerprint density at radius 1 is 1.05 bits per heavy atom. The van der Waals surface area contributed by atoms with E-state index in [1.54, 1.807) is 29.2 Å². The Labute approximate surface area is 218 Å². The Balaban J connectivity index is 1.21. The summed E-state index contributed by atoms with van der Waals surface area (Å²) < 4.78 is 11.0. The van der Waals surface area contributed by atoms with Crippen molar-refractivity contribution in [3.63, 3.8) is 0 Å². The van der Waals surface area contributed by atoms with Gasteiger partial charge in [-0.05, 0) is 62.2 Å². The quantitative estimate of drug-likeness (QED) is 0.479. The van der Waals surface area contributed by atoms with Crippen molar-refractivity contribution < 1.29 is 23.9 Å². The lowest BCUT2D eigenvalue weighted by atomic mass is 10.1. The smallest absolute Gasteiger partial charge is 0.262 e. The summed E-state index contributed by atoms with van der Waals surface area (Å²) in [6.07, 6.45) is 1.08. The first kappa shape index (κ1) is 26.6. The van der Waals surface area contributed by atoms with Gasteiger partial charge in [0.15, 0.2) is 6.61 Å². The van der Waals surface area contributed by atoms with Crippen LogP contribution in [0, 0.1) is 19.8 Å². The summed E-state index contributed by atoms with van der Waals surface area (Å²) in [4.78, 5) is 41.5. The molecule has 2 aromatic rings. The first-order valence-corrected chi connectivity index (χ1v) is 12.9. The number of hydrogen-bond donors (Lipinski definition) is 2. The first-order valence-electron chi connectivity index (χ1n) is 12.9. The zero-order chi connectivity index (χ0) is 26.2. The van der Waals surface area contributed by atoms with Gasteiger partial charge in [0.2, 0.25) is 11.8 Å². The number of carbonyl (C=O) groups is 3. The van der Waals surface area contributed by atoms with E-state index in [2.05, 4.69) is 15.5 Å². The number of nitrogens with one attached hydrogen (secondary N) is 2. The van der Waals surface area contributed by atoms with Gasteiger partial charge >= 0.3 is 0 Å². The van der Waals surface area contributed by atoms with Gasteiger partial charge in [-0.1, -0.05) is 18.2 Å². The summed E-state index contributed by atoms with van der Waals surface area (Å²) in [6, 6.07) is 12.9. The van der Waals surface area contributed by atoms with Crippen LogP contribution in [0.2, 0.25) is 0 Å².